The predicted molar refractivity (Wildman–Crippen MR) is 137 cm³/mol. The van der Waals surface area contributed by atoms with Gasteiger partial charge >= 0.3 is 8.25 Å². The first-order valence-corrected chi connectivity index (χ1v) is 14.5. The molecule has 3 rings (SSSR count). The molecule has 2 aromatic rings. The second-order valence-electron chi connectivity index (χ2n) is 9.20. The monoisotopic (exact) mass is 507 g/mol. The first-order valence-electron chi connectivity index (χ1n) is 12.3. The number of pyridine rings is 1. The second kappa shape index (κ2) is 14.3. The van der Waals surface area contributed by atoms with Gasteiger partial charge in [0.1, 0.15) is 12.4 Å². The summed E-state index contributed by atoms with van der Waals surface area (Å²) in [4.78, 5) is 14.3. The Kier molecular flexibility index (Phi) is 11.4. The fourth-order valence-corrected chi connectivity index (χ4v) is 6.10. The summed E-state index contributed by atoms with van der Waals surface area (Å²) in [5, 5.41) is 3.26. The second-order valence-corrected chi connectivity index (χ2v) is 11.1. The van der Waals surface area contributed by atoms with Gasteiger partial charge in [-0.15, -0.1) is 21.2 Å². The van der Waals surface area contributed by atoms with Crippen LogP contribution in [0.5, 0.6) is 0 Å². The van der Waals surface area contributed by atoms with Crippen molar-refractivity contribution in [2.75, 3.05) is 18.9 Å². The van der Waals surface area contributed by atoms with E-state index in [2.05, 4.69) is 27.8 Å². The summed E-state index contributed by atoms with van der Waals surface area (Å²) < 4.78 is 28.6. The van der Waals surface area contributed by atoms with Gasteiger partial charge in [0.15, 0.2) is 0 Å². The minimum atomic E-state index is -2.50. The van der Waals surface area contributed by atoms with Crippen molar-refractivity contribution in [2.24, 2.45) is 5.92 Å². The largest absolute Gasteiger partial charge is 0.694 e. The molecule has 1 aliphatic carbocycles. The Morgan fingerprint density at radius 2 is 2.06 bits per heavy atom. The van der Waals surface area contributed by atoms with Gasteiger partial charge in [0.2, 0.25) is 0 Å². The van der Waals surface area contributed by atoms with E-state index in [0.29, 0.717) is 19.5 Å². The molecule has 1 aromatic heterocycles. The van der Waals surface area contributed by atoms with Crippen LogP contribution in [0.2, 0.25) is 0 Å². The average Bonchev–Trinajstić information content (AvgIpc) is 3.27. The molecule has 2 N–H and O–H groups in total. The molecule has 1 aliphatic rings. The molecule has 0 spiro atoms. The number of nitrogens with one attached hydrogen (secondary N) is 1. The molecule has 0 amide bonds. The van der Waals surface area contributed by atoms with E-state index in [0.717, 1.165) is 23.8 Å². The lowest BCUT2D eigenvalue weighted by Gasteiger charge is -2.30. The highest BCUT2D eigenvalue weighted by Crippen LogP contribution is 2.48. The van der Waals surface area contributed by atoms with E-state index in [4.69, 9.17) is 4.89 Å². The van der Waals surface area contributed by atoms with Gasteiger partial charge in [0, 0.05) is 22.2 Å². The van der Waals surface area contributed by atoms with Gasteiger partial charge in [-0.3, -0.25) is 4.98 Å². The summed E-state index contributed by atoms with van der Waals surface area (Å²) in [5.41, 5.74) is 2.52. The Balaban J connectivity index is 1.37. The van der Waals surface area contributed by atoms with Crippen LogP contribution in [0.3, 0.4) is 0 Å². The Morgan fingerprint density at radius 1 is 1.24 bits per heavy atom. The van der Waals surface area contributed by atoms with Gasteiger partial charge in [-0.2, -0.15) is 0 Å². The molecule has 5 nitrogen and oxygen atoms in total. The van der Waals surface area contributed by atoms with E-state index in [1.165, 1.54) is 49.0 Å². The average molecular weight is 508 g/mol. The maximum absolute atomic E-state index is 13.5. The molecule has 0 radical (unpaired) electrons. The van der Waals surface area contributed by atoms with E-state index in [1.54, 1.807) is 12.1 Å². The molecule has 1 fully saturated rings. The zero-order chi connectivity index (χ0) is 24.2. The first-order chi connectivity index (χ1) is 16.5. The fraction of sp³-hybridized carbons (Fsp3) is 0.577. The lowest BCUT2D eigenvalue weighted by Crippen LogP contribution is -2.23. The lowest BCUT2D eigenvalue weighted by atomic mass is 9.74. The third-order valence-electron chi connectivity index (χ3n) is 6.87. The van der Waals surface area contributed by atoms with Crippen LogP contribution in [0.4, 0.5) is 4.39 Å². The smallest absolute Gasteiger partial charge is 0.311 e. The number of hydrogen-bond donors (Lipinski definition) is 2. The van der Waals surface area contributed by atoms with Crippen molar-refractivity contribution < 1.29 is 18.4 Å². The van der Waals surface area contributed by atoms with Gasteiger partial charge in [-0.25, -0.2) is 4.39 Å². The number of hydrogen-bond acceptors (Lipinski definition) is 5. The van der Waals surface area contributed by atoms with Gasteiger partial charge < -0.3 is 5.32 Å². The molecular formula is C26H37FN2O3PS+. The molecule has 186 valence electrons. The van der Waals surface area contributed by atoms with Crippen molar-refractivity contribution in [1.29, 1.82) is 0 Å². The van der Waals surface area contributed by atoms with Gasteiger partial charge in [-0.1, -0.05) is 31.9 Å². The summed E-state index contributed by atoms with van der Waals surface area (Å²) in [7, 11) is -2.50. The van der Waals surface area contributed by atoms with E-state index in [9.17, 15) is 8.96 Å². The van der Waals surface area contributed by atoms with E-state index in [-0.39, 0.29) is 17.8 Å². The minimum Gasteiger partial charge on any atom is -0.311 e. The maximum atomic E-state index is 13.5. The Bertz CT molecular complexity index is 885. The van der Waals surface area contributed by atoms with Crippen molar-refractivity contribution in [2.45, 2.75) is 75.1 Å². The third kappa shape index (κ3) is 8.69. The molecule has 3 atom stereocenters. The molecule has 1 saturated carbocycles. The molecule has 1 heterocycles. The molecular weight excluding hydrogens is 470 g/mol. The summed E-state index contributed by atoms with van der Waals surface area (Å²) in [6, 6.07) is 11.4. The molecule has 0 bridgehead atoms. The van der Waals surface area contributed by atoms with Crippen molar-refractivity contribution in [3.05, 3.63) is 59.7 Å². The Labute approximate surface area is 208 Å². The zero-order valence-electron chi connectivity index (χ0n) is 20.0. The summed E-state index contributed by atoms with van der Waals surface area (Å²) >= 11 is 1.85. The van der Waals surface area contributed by atoms with Crippen LogP contribution in [-0.4, -0.2) is 28.8 Å². The maximum Gasteiger partial charge on any atom is 0.694 e. The van der Waals surface area contributed by atoms with Crippen LogP contribution >= 0.6 is 20.0 Å². The number of thioether (sulfide) groups is 1. The topological polar surface area (TPSA) is 71.5 Å². The Morgan fingerprint density at radius 3 is 2.74 bits per heavy atom. The van der Waals surface area contributed by atoms with Crippen LogP contribution in [0.25, 0.3) is 0 Å². The highest BCUT2D eigenvalue weighted by atomic mass is 32.2. The predicted octanol–water partition coefficient (Wildman–Crippen LogP) is 6.78. The summed E-state index contributed by atoms with van der Waals surface area (Å²) in [5.74, 6) is 1.71. The molecule has 8 heteroatoms. The molecule has 0 aliphatic heterocycles. The summed E-state index contributed by atoms with van der Waals surface area (Å²) in [6.45, 7) is 3.93. The fourth-order valence-electron chi connectivity index (χ4n) is 4.94. The van der Waals surface area contributed by atoms with E-state index >= 15 is 0 Å². The highest BCUT2D eigenvalue weighted by molar-refractivity contribution is 7.99. The normalized spacial score (nSPS) is 20.6. The number of halogens is 1. The lowest BCUT2D eigenvalue weighted by molar-refractivity contribution is 0.276. The van der Waals surface area contributed by atoms with Crippen LogP contribution in [-0.2, 0) is 21.0 Å². The van der Waals surface area contributed by atoms with Crippen molar-refractivity contribution in [3.8, 4) is 0 Å². The Hall–Kier alpha value is -1.37. The first kappa shape index (κ1) is 27.2. The number of aromatic nitrogens is 1. The highest BCUT2D eigenvalue weighted by Gasteiger charge is 2.39. The number of rotatable bonds is 15. The zero-order valence-corrected chi connectivity index (χ0v) is 21.8. The van der Waals surface area contributed by atoms with Crippen molar-refractivity contribution >= 4 is 20.0 Å². The number of nitrogens with zero attached hydrogens (tertiary/aromatic N) is 1. The molecule has 1 aromatic carbocycles. The van der Waals surface area contributed by atoms with Crippen molar-refractivity contribution in [1.82, 2.24) is 10.3 Å². The molecule has 3 unspecified atom stereocenters. The molecule has 0 saturated heterocycles. The van der Waals surface area contributed by atoms with E-state index < -0.39 is 8.25 Å². The van der Waals surface area contributed by atoms with Crippen LogP contribution in [0.1, 0.15) is 69.5 Å². The van der Waals surface area contributed by atoms with Crippen LogP contribution in [0.15, 0.2) is 47.5 Å². The van der Waals surface area contributed by atoms with Gasteiger partial charge in [0.25, 0.3) is 0 Å². The third-order valence-corrected chi connectivity index (χ3v) is 8.34. The van der Waals surface area contributed by atoms with Crippen LogP contribution in [0, 0.1) is 11.7 Å². The quantitative estimate of drug-likeness (QED) is 0.157. The molecule has 34 heavy (non-hydrogen) atoms. The standard InChI is InChI=1S/C26H36FN2O3PS/c1-2-21-12-14-26(18-21,22-6-8-23(27)9-7-22)13-3-4-17-34-25-11-10-24(29-20-25)19-28-15-5-16-32-33(30)31/h6-11,20-21,28H,2-5,12-19H2,1H3/p+1. The SMILES string of the molecule is CCC1CCC(CCCCSc2ccc(CNCCCO[P+](=O)O)nc2)(c2ccc(F)cc2)C1. The number of unbranched alkanes of at least 4 members (excludes halogenated alkanes) is 1. The van der Waals surface area contributed by atoms with Gasteiger partial charge in [-0.05, 0) is 92.0 Å². The summed E-state index contributed by atoms with van der Waals surface area (Å²) in [6.07, 6.45) is 11.1. The van der Waals surface area contributed by atoms with Crippen molar-refractivity contribution in [3.63, 3.8) is 0 Å². The number of benzene rings is 1. The van der Waals surface area contributed by atoms with Gasteiger partial charge in [0.05, 0.1) is 5.69 Å². The minimum absolute atomic E-state index is 0.150. The van der Waals surface area contributed by atoms with E-state index in [1.807, 2.05) is 36.2 Å². The van der Waals surface area contributed by atoms with Crippen LogP contribution < -0.4 is 5.32 Å².